The number of hydrogen-bond donors (Lipinski definition) is 2. The van der Waals surface area contributed by atoms with Crippen LogP contribution < -0.4 is 10.6 Å². The number of pyridine rings is 1. The predicted molar refractivity (Wildman–Crippen MR) is 126 cm³/mol. The van der Waals surface area contributed by atoms with Crippen LogP contribution >= 0.6 is 11.6 Å². The molecule has 0 bridgehead atoms. The van der Waals surface area contributed by atoms with Crippen LogP contribution in [-0.2, 0) is 0 Å². The van der Waals surface area contributed by atoms with Crippen LogP contribution in [0.4, 0.5) is 0 Å². The van der Waals surface area contributed by atoms with E-state index in [1.807, 2.05) is 30.9 Å². The standard InChI is InChI=1S/C25H31ClN4O2/c1-3-29-24(31)17-6-9-23(26)21(13-17)16(2)30(19-7-8-19)25(32)22-15-28-12-10-20(22)18-5-4-11-27-14-18/h6,9-10,12-13,15-16,18-19,27H,3-5,7-8,11,14H2,1-2H3,(H,29,31). The lowest BCUT2D eigenvalue weighted by Crippen LogP contribution is -2.37. The summed E-state index contributed by atoms with van der Waals surface area (Å²) in [6.07, 6.45) is 7.61. The lowest BCUT2D eigenvalue weighted by Gasteiger charge is -2.32. The molecule has 7 heteroatoms. The van der Waals surface area contributed by atoms with E-state index < -0.39 is 0 Å². The maximum absolute atomic E-state index is 13.9. The number of piperidine rings is 1. The number of carbonyl (C=O) groups excluding carboxylic acids is 2. The molecule has 170 valence electrons. The van der Waals surface area contributed by atoms with Crippen LogP contribution in [0.15, 0.2) is 36.7 Å². The molecule has 0 radical (unpaired) electrons. The second-order valence-electron chi connectivity index (χ2n) is 8.72. The molecule has 32 heavy (non-hydrogen) atoms. The molecule has 2 amide bonds. The average Bonchev–Trinajstić information content (AvgIpc) is 3.65. The second kappa shape index (κ2) is 10.0. The van der Waals surface area contributed by atoms with Crippen LogP contribution in [-0.4, -0.2) is 47.4 Å². The summed E-state index contributed by atoms with van der Waals surface area (Å²) in [5.74, 6) is 0.168. The number of nitrogens with one attached hydrogen (secondary N) is 2. The molecular formula is C25H31ClN4O2. The van der Waals surface area contributed by atoms with Gasteiger partial charge in [-0.3, -0.25) is 14.6 Å². The van der Waals surface area contributed by atoms with Crippen LogP contribution in [0.3, 0.4) is 0 Å². The summed E-state index contributed by atoms with van der Waals surface area (Å²) in [5.41, 5.74) is 3.09. The number of benzene rings is 1. The molecular weight excluding hydrogens is 424 g/mol. The molecule has 4 rings (SSSR count). The summed E-state index contributed by atoms with van der Waals surface area (Å²) in [5, 5.41) is 6.84. The van der Waals surface area contributed by atoms with E-state index in [2.05, 4.69) is 15.6 Å². The third-order valence-electron chi connectivity index (χ3n) is 6.46. The van der Waals surface area contributed by atoms with Crippen molar-refractivity contribution >= 4 is 23.4 Å². The Morgan fingerprint density at radius 3 is 2.78 bits per heavy atom. The Kier molecular flexibility index (Phi) is 7.11. The predicted octanol–water partition coefficient (Wildman–Crippen LogP) is 4.32. The largest absolute Gasteiger partial charge is 0.352 e. The van der Waals surface area contributed by atoms with E-state index in [4.69, 9.17) is 11.6 Å². The van der Waals surface area contributed by atoms with Crippen LogP contribution in [0.5, 0.6) is 0 Å². The molecule has 2 aliphatic rings. The van der Waals surface area contributed by atoms with Crippen molar-refractivity contribution in [1.82, 2.24) is 20.5 Å². The van der Waals surface area contributed by atoms with Crippen LogP contribution in [0.25, 0.3) is 0 Å². The van der Waals surface area contributed by atoms with E-state index in [0.29, 0.717) is 28.6 Å². The van der Waals surface area contributed by atoms with Crippen molar-refractivity contribution < 1.29 is 9.59 Å². The average molecular weight is 455 g/mol. The molecule has 1 saturated heterocycles. The molecule has 6 nitrogen and oxygen atoms in total. The Hall–Kier alpha value is -2.44. The Morgan fingerprint density at radius 2 is 2.09 bits per heavy atom. The van der Waals surface area contributed by atoms with Crippen molar-refractivity contribution in [3.8, 4) is 0 Å². The molecule has 2 unspecified atom stereocenters. The molecule has 2 atom stereocenters. The molecule has 1 aromatic carbocycles. The highest BCUT2D eigenvalue weighted by Gasteiger charge is 2.38. The molecule has 1 aliphatic heterocycles. The Labute approximate surface area is 194 Å². The first-order valence-electron chi connectivity index (χ1n) is 11.6. The summed E-state index contributed by atoms with van der Waals surface area (Å²) in [4.78, 5) is 32.5. The quantitative estimate of drug-likeness (QED) is 0.653. The minimum Gasteiger partial charge on any atom is -0.352 e. The van der Waals surface area contributed by atoms with Crippen LogP contribution in [0.1, 0.15) is 83.3 Å². The zero-order chi connectivity index (χ0) is 22.7. The summed E-state index contributed by atoms with van der Waals surface area (Å²) < 4.78 is 0. The van der Waals surface area contributed by atoms with Gasteiger partial charge in [0.15, 0.2) is 0 Å². The van der Waals surface area contributed by atoms with E-state index in [-0.39, 0.29) is 23.9 Å². The molecule has 2 heterocycles. The van der Waals surface area contributed by atoms with Gasteiger partial charge in [-0.1, -0.05) is 11.6 Å². The van der Waals surface area contributed by atoms with Gasteiger partial charge < -0.3 is 15.5 Å². The van der Waals surface area contributed by atoms with Crippen molar-refractivity contribution in [2.24, 2.45) is 0 Å². The highest BCUT2D eigenvalue weighted by molar-refractivity contribution is 6.31. The van der Waals surface area contributed by atoms with Gasteiger partial charge in [-0.2, -0.15) is 0 Å². The first-order valence-corrected chi connectivity index (χ1v) is 11.9. The summed E-state index contributed by atoms with van der Waals surface area (Å²) in [6.45, 7) is 6.34. The minimum atomic E-state index is -0.255. The van der Waals surface area contributed by atoms with E-state index in [9.17, 15) is 9.59 Å². The number of nitrogens with zero attached hydrogens (tertiary/aromatic N) is 2. The normalized spacial score (nSPS) is 19.3. The van der Waals surface area contributed by atoms with Crippen molar-refractivity contribution in [3.63, 3.8) is 0 Å². The van der Waals surface area contributed by atoms with Crippen molar-refractivity contribution in [2.45, 2.75) is 57.5 Å². The van der Waals surface area contributed by atoms with Crippen molar-refractivity contribution in [3.05, 3.63) is 63.9 Å². The topological polar surface area (TPSA) is 74.3 Å². The molecule has 2 aromatic rings. The van der Waals surface area contributed by atoms with Crippen molar-refractivity contribution in [2.75, 3.05) is 19.6 Å². The second-order valence-corrected chi connectivity index (χ2v) is 9.13. The van der Waals surface area contributed by atoms with E-state index in [1.54, 1.807) is 24.5 Å². The van der Waals surface area contributed by atoms with Gasteiger partial charge in [0.05, 0.1) is 11.6 Å². The number of hydrogen-bond acceptors (Lipinski definition) is 4. The maximum Gasteiger partial charge on any atom is 0.256 e. The molecule has 1 aliphatic carbocycles. The molecule has 1 saturated carbocycles. The number of carbonyl (C=O) groups is 2. The monoisotopic (exact) mass is 454 g/mol. The lowest BCUT2D eigenvalue weighted by molar-refractivity contribution is 0.0671. The first-order chi connectivity index (χ1) is 15.5. The number of aromatic nitrogens is 1. The molecule has 2 fully saturated rings. The van der Waals surface area contributed by atoms with Gasteiger partial charge in [-0.25, -0.2) is 0 Å². The van der Waals surface area contributed by atoms with E-state index in [1.165, 1.54) is 0 Å². The summed E-state index contributed by atoms with van der Waals surface area (Å²) >= 11 is 6.56. The number of amides is 2. The first kappa shape index (κ1) is 22.7. The lowest BCUT2D eigenvalue weighted by atomic mass is 9.88. The fraction of sp³-hybridized carbons (Fsp3) is 0.480. The summed E-state index contributed by atoms with van der Waals surface area (Å²) in [6, 6.07) is 7.20. The van der Waals surface area contributed by atoms with E-state index in [0.717, 1.165) is 49.9 Å². The third-order valence-corrected chi connectivity index (χ3v) is 6.80. The minimum absolute atomic E-state index is 0.00634. The van der Waals surface area contributed by atoms with Crippen LogP contribution in [0.2, 0.25) is 5.02 Å². The van der Waals surface area contributed by atoms with E-state index >= 15 is 0 Å². The number of halogens is 1. The smallest absolute Gasteiger partial charge is 0.256 e. The zero-order valence-corrected chi connectivity index (χ0v) is 19.5. The van der Waals surface area contributed by atoms with Gasteiger partial charge in [0.2, 0.25) is 0 Å². The Morgan fingerprint density at radius 1 is 1.28 bits per heavy atom. The Bertz CT molecular complexity index is 986. The van der Waals surface area contributed by atoms with Gasteiger partial charge in [0, 0.05) is 42.1 Å². The van der Waals surface area contributed by atoms with Gasteiger partial charge in [0.25, 0.3) is 11.8 Å². The van der Waals surface area contributed by atoms with Crippen molar-refractivity contribution in [1.29, 1.82) is 0 Å². The maximum atomic E-state index is 13.9. The fourth-order valence-corrected chi connectivity index (χ4v) is 4.90. The molecule has 0 spiro atoms. The van der Waals surface area contributed by atoms with Gasteiger partial charge in [-0.05, 0) is 87.4 Å². The van der Waals surface area contributed by atoms with Gasteiger partial charge >= 0.3 is 0 Å². The zero-order valence-electron chi connectivity index (χ0n) is 18.7. The summed E-state index contributed by atoms with van der Waals surface area (Å²) in [7, 11) is 0. The highest BCUT2D eigenvalue weighted by atomic mass is 35.5. The molecule has 1 aromatic heterocycles. The molecule has 2 N–H and O–H groups in total. The van der Waals surface area contributed by atoms with Gasteiger partial charge in [-0.15, -0.1) is 0 Å². The van der Waals surface area contributed by atoms with Crippen LogP contribution in [0, 0.1) is 0 Å². The Balaban J connectivity index is 1.66. The SMILES string of the molecule is CCNC(=O)c1ccc(Cl)c(C(C)N(C(=O)c2cnccc2C2CCCNC2)C2CC2)c1. The number of rotatable bonds is 7. The fourth-order valence-electron chi connectivity index (χ4n) is 4.62. The third kappa shape index (κ3) is 4.81. The van der Waals surface area contributed by atoms with Gasteiger partial charge in [0.1, 0.15) is 0 Å². The highest BCUT2D eigenvalue weighted by Crippen LogP contribution is 2.39.